The Labute approximate surface area is 97.6 Å². The molecule has 0 unspecified atom stereocenters. The van der Waals surface area contributed by atoms with Gasteiger partial charge in [0, 0.05) is 36.5 Å². The summed E-state index contributed by atoms with van der Waals surface area (Å²) in [6.45, 7) is 23.3. The van der Waals surface area contributed by atoms with Crippen molar-refractivity contribution >= 4 is 7.92 Å². The van der Waals surface area contributed by atoms with Crippen molar-refractivity contribution in [1.29, 1.82) is 0 Å². The van der Waals surface area contributed by atoms with Gasteiger partial charge in [-0.05, 0) is 7.92 Å². The number of hydrogen-bond donors (Lipinski definition) is 0. The van der Waals surface area contributed by atoms with Crippen LogP contribution in [0.5, 0.6) is 0 Å². The van der Waals surface area contributed by atoms with Gasteiger partial charge in [-0.2, -0.15) is 0 Å². The third kappa shape index (κ3) is 60700. The smallest absolute Gasteiger partial charge is 0.0461 e. The maximum atomic E-state index is 4.61. The van der Waals surface area contributed by atoms with Crippen LogP contribution in [-0.4, -0.2) is 20.0 Å². The zero-order valence-electron chi connectivity index (χ0n) is 9.59. The molecule has 0 aromatic carbocycles. The first-order valence-electron chi connectivity index (χ1n) is 3.45. The Hall–Kier alpha value is 0.144. The average Bonchev–Trinajstić information content (AvgIpc) is 1.60. The largest absolute Gasteiger partial charge is 0.549 e. The Bertz CT molecular complexity index is 81.3. The Kier molecular flexibility index (Phi) is 66.4. The van der Waals surface area contributed by atoms with E-state index in [9.17, 15) is 0 Å². The van der Waals surface area contributed by atoms with Gasteiger partial charge >= 0.3 is 0 Å². The van der Waals surface area contributed by atoms with Crippen molar-refractivity contribution in [3.63, 3.8) is 0 Å². The Morgan fingerprint density at radius 3 is 1.38 bits per heavy atom. The zero-order valence-corrected chi connectivity index (χ0v) is 11.6. The molecule has 0 heterocycles. The maximum absolute atomic E-state index is 4.61. The van der Waals surface area contributed by atoms with Crippen LogP contribution in [0.1, 0.15) is 6.92 Å². The molecule has 0 aliphatic rings. The Morgan fingerprint density at radius 2 is 1.38 bits per heavy atom. The molecule has 0 N–H and O–H groups in total. The van der Waals surface area contributed by atoms with Crippen molar-refractivity contribution in [2.24, 2.45) is 0 Å². The minimum Gasteiger partial charge on any atom is -0.549 e. The van der Waals surface area contributed by atoms with Crippen molar-refractivity contribution in [3.05, 3.63) is 46.1 Å². The molecule has 0 aliphatic heterocycles. The monoisotopic (exact) mass is 245 g/mol. The maximum Gasteiger partial charge on any atom is 0.0461 e. The van der Waals surface area contributed by atoms with E-state index in [-0.39, 0.29) is 31.8 Å². The first-order valence-corrected chi connectivity index (χ1v) is 6.45. The van der Waals surface area contributed by atoms with Crippen LogP contribution in [0.3, 0.4) is 0 Å². The molecule has 0 fully saturated rings. The van der Waals surface area contributed by atoms with Crippen molar-refractivity contribution in [2.75, 3.05) is 20.0 Å². The minimum absolute atomic E-state index is 0. The molecular weight excluding hydrogens is 222 g/mol. The molecule has 0 amide bonds. The molecule has 0 aromatic heterocycles. The number of rotatable bonds is 0. The van der Waals surface area contributed by atoms with Gasteiger partial charge in [-0.3, -0.25) is 0 Å². The van der Waals surface area contributed by atoms with E-state index in [2.05, 4.69) is 47.0 Å². The molecule has 0 saturated carbocycles. The van der Waals surface area contributed by atoms with Crippen molar-refractivity contribution in [2.45, 2.75) is 6.92 Å². The van der Waals surface area contributed by atoms with Crippen LogP contribution in [0.15, 0.2) is 18.2 Å². The average molecular weight is 246 g/mol. The number of hydrogen-bond acceptors (Lipinski definition) is 0. The van der Waals surface area contributed by atoms with Gasteiger partial charge in [0.15, 0.2) is 0 Å². The molecule has 0 radical (unpaired) electrons. The van der Waals surface area contributed by atoms with Gasteiger partial charge in [0.25, 0.3) is 0 Å². The second-order valence-corrected chi connectivity index (χ2v) is 5.69. The molecule has 0 saturated heterocycles. The van der Waals surface area contributed by atoms with Gasteiger partial charge in [-0.15, -0.1) is 0 Å². The molecule has 0 nitrogen and oxygen atoms in total. The Morgan fingerprint density at radius 1 is 1.38 bits per heavy atom. The first kappa shape index (κ1) is 29.2. The minimum atomic E-state index is 0. The first-order chi connectivity index (χ1) is 4.88. The van der Waals surface area contributed by atoms with E-state index >= 15 is 0 Å². The second-order valence-electron chi connectivity index (χ2n) is 2.69. The zero-order chi connectivity index (χ0) is 9.86. The summed E-state index contributed by atoms with van der Waals surface area (Å²) in [5.41, 5.74) is 0.917. The van der Waals surface area contributed by atoms with Crippen LogP contribution in [0.4, 0.5) is 0 Å². The quantitative estimate of drug-likeness (QED) is 0.347. The molecule has 13 heavy (non-hydrogen) atoms. The SMILES string of the molecule is C=C([CH2-])C.C[PH+](C)C.[CH-]=C[CH2-].[CH3-].[Ni]. The normalized spacial score (nSPS) is 5.62. The molecule has 0 spiro atoms. The molecule has 2 heteroatoms. The van der Waals surface area contributed by atoms with Gasteiger partial charge in [0.05, 0.1) is 0 Å². The van der Waals surface area contributed by atoms with Gasteiger partial charge < -0.3 is 27.0 Å². The van der Waals surface area contributed by atoms with Gasteiger partial charge in [0.1, 0.15) is 0 Å². The molecule has 0 aliphatic carbocycles. The fourth-order valence-corrected chi connectivity index (χ4v) is 0. The fraction of sp³-hybridized carbons (Fsp3) is 0.364. The molecule has 0 aromatic rings. The summed E-state index contributed by atoms with van der Waals surface area (Å²) in [4.78, 5) is 0. The van der Waals surface area contributed by atoms with Crippen molar-refractivity contribution in [1.82, 2.24) is 0 Å². The molecule has 86 valence electrons. The predicted octanol–water partition coefficient (Wildman–Crippen LogP) is 3.74. The van der Waals surface area contributed by atoms with Crippen molar-refractivity contribution in [3.8, 4) is 0 Å². The van der Waals surface area contributed by atoms with E-state index in [1.807, 2.05) is 6.92 Å². The summed E-state index contributed by atoms with van der Waals surface area (Å²) in [5.74, 6) is 0. The van der Waals surface area contributed by atoms with E-state index in [1.54, 1.807) is 0 Å². The summed E-state index contributed by atoms with van der Waals surface area (Å²) in [6.07, 6.45) is 1.25. The summed E-state index contributed by atoms with van der Waals surface area (Å²) in [6, 6.07) is 0. The fourth-order valence-electron chi connectivity index (χ4n) is 0. The van der Waals surface area contributed by atoms with E-state index in [4.69, 9.17) is 0 Å². The van der Waals surface area contributed by atoms with Crippen LogP contribution in [0.2, 0.25) is 0 Å². The van der Waals surface area contributed by atoms with E-state index in [1.165, 1.54) is 6.08 Å². The molecular formula is C11H24NiP-3. The summed E-state index contributed by atoms with van der Waals surface area (Å²) in [5, 5.41) is 0. The van der Waals surface area contributed by atoms with Gasteiger partial charge in [-0.25, -0.2) is 19.1 Å². The van der Waals surface area contributed by atoms with Gasteiger partial charge in [0.2, 0.25) is 0 Å². The van der Waals surface area contributed by atoms with Crippen molar-refractivity contribution < 1.29 is 16.5 Å². The van der Waals surface area contributed by atoms with E-state index in [0.717, 1.165) is 5.57 Å². The third-order valence-corrected chi connectivity index (χ3v) is 0. The molecule has 0 rings (SSSR count). The van der Waals surface area contributed by atoms with E-state index in [0.29, 0.717) is 0 Å². The second kappa shape index (κ2) is 29.6. The summed E-state index contributed by atoms with van der Waals surface area (Å²) in [7, 11) is 0.120. The standard InChI is InChI=1S/C4H7.C3H9P.C3H4.CH3.Ni/c2*1-4(2)3;1-3-2;;/h1-2H2,3H3;1-3H3;1,3H,2H2;1H3;/q-1;;-2;-1;/p+1. The Balaban J connectivity index is -0.0000000231. The predicted molar refractivity (Wildman–Crippen MR) is 66.9 cm³/mol. The third-order valence-electron chi connectivity index (χ3n) is 0. The summed E-state index contributed by atoms with van der Waals surface area (Å²) < 4.78 is 0. The van der Waals surface area contributed by atoms with Gasteiger partial charge in [-0.1, -0.05) is 6.92 Å². The molecule has 0 bridgehead atoms. The van der Waals surface area contributed by atoms with Crippen LogP contribution < -0.4 is 0 Å². The van der Waals surface area contributed by atoms with Crippen LogP contribution >= 0.6 is 7.92 Å². The van der Waals surface area contributed by atoms with Crippen LogP contribution in [-0.2, 0) is 16.5 Å². The number of allylic oxidation sites excluding steroid dienone is 2. The van der Waals surface area contributed by atoms with Crippen LogP contribution in [0, 0.1) is 27.9 Å². The summed E-state index contributed by atoms with van der Waals surface area (Å²) >= 11 is 0. The van der Waals surface area contributed by atoms with Crippen LogP contribution in [0.25, 0.3) is 0 Å². The topological polar surface area (TPSA) is 0 Å². The molecule has 0 atom stereocenters. The van der Waals surface area contributed by atoms with E-state index < -0.39 is 0 Å².